The highest BCUT2D eigenvalue weighted by atomic mass is 19.1. The van der Waals surface area contributed by atoms with Gasteiger partial charge in [-0.3, -0.25) is 4.79 Å². The molecule has 0 saturated heterocycles. The molecule has 31 heavy (non-hydrogen) atoms. The minimum atomic E-state index is -0.341. The topological polar surface area (TPSA) is 79.9 Å². The smallest absolute Gasteiger partial charge is 0.259 e. The number of carbonyl (C=O) groups is 1. The van der Waals surface area contributed by atoms with Crippen molar-refractivity contribution >= 4 is 11.6 Å². The summed E-state index contributed by atoms with van der Waals surface area (Å²) in [5.74, 6) is -0.200. The molecule has 7 heteroatoms. The van der Waals surface area contributed by atoms with E-state index < -0.39 is 0 Å². The van der Waals surface area contributed by atoms with Crippen LogP contribution in [0.3, 0.4) is 0 Å². The number of nitriles is 1. The van der Waals surface area contributed by atoms with Gasteiger partial charge in [-0.15, -0.1) is 0 Å². The second-order valence-electron chi connectivity index (χ2n) is 8.56. The zero-order chi connectivity index (χ0) is 22.8. The number of hydrogen-bond acceptors (Lipinski definition) is 4. The molecule has 0 saturated carbocycles. The van der Waals surface area contributed by atoms with Crippen LogP contribution in [0.4, 0.5) is 10.1 Å². The quantitative estimate of drug-likeness (QED) is 0.617. The summed E-state index contributed by atoms with van der Waals surface area (Å²) in [7, 11) is 0. The van der Waals surface area contributed by atoms with Gasteiger partial charge in [-0.05, 0) is 61.7 Å². The Morgan fingerprint density at radius 1 is 1.19 bits per heavy atom. The van der Waals surface area contributed by atoms with Gasteiger partial charge in [-0.2, -0.15) is 10.4 Å². The van der Waals surface area contributed by atoms with Crippen LogP contribution in [0.5, 0.6) is 5.75 Å². The molecule has 1 heterocycles. The number of aromatic nitrogens is 2. The van der Waals surface area contributed by atoms with E-state index in [9.17, 15) is 14.4 Å². The number of benzene rings is 2. The number of anilines is 1. The first-order chi connectivity index (χ1) is 14.6. The fraction of sp³-hybridized carbons (Fsp3) is 0.292. The van der Waals surface area contributed by atoms with Crippen LogP contribution >= 0.6 is 0 Å². The third-order valence-electron chi connectivity index (χ3n) is 4.61. The maximum atomic E-state index is 13.2. The number of halogens is 1. The van der Waals surface area contributed by atoms with E-state index in [0.717, 1.165) is 0 Å². The van der Waals surface area contributed by atoms with Crippen molar-refractivity contribution in [3.05, 3.63) is 70.8 Å². The first kappa shape index (κ1) is 22.0. The lowest BCUT2D eigenvalue weighted by Gasteiger charge is -2.19. The highest BCUT2D eigenvalue weighted by molar-refractivity contribution is 6.06. The maximum absolute atomic E-state index is 13.2. The maximum Gasteiger partial charge on any atom is 0.259 e. The van der Waals surface area contributed by atoms with Crippen LogP contribution < -0.4 is 10.1 Å². The van der Waals surface area contributed by atoms with Crippen LogP contribution in [-0.2, 0) is 0 Å². The monoisotopic (exact) mass is 420 g/mol. The molecule has 2 aromatic carbocycles. The number of hydrogen-bond donors (Lipinski definition) is 1. The van der Waals surface area contributed by atoms with Crippen molar-refractivity contribution in [2.45, 2.75) is 34.6 Å². The minimum Gasteiger partial charge on any atom is -0.492 e. The summed E-state index contributed by atoms with van der Waals surface area (Å²) in [6.07, 6.45) is 0. The van der Waals surface area contributed by atoms with E-state index in [0.29, 0.717) is 46.2 Å². The molecule has 0 fully saturated rings. The Morgan fingerprint density at radius 2 is 1.87 bits per heavy atom. The van der Waals surface area contributed by atoms with Gasteiger partial charge in [0.2, 0.25) is 0 Å². The molecule has 3 rings (SSSR count). The van der Waals surface area contributed by atoms with E-state index in [4.69, 9.17) is 4.74 Å². The molecule has 0 spiro atoms. The largest absolute Gasteiger partial charge is 0.492 e. The van der Waals surface area contributed by atoms with Crippen LogP contribution in [0.25, 0.3) is 5.69 Å². The van der Waals surface area contributed by atoms with Gasteiger partial charge >= 0.3 is 0 Å². The summed E-state index contributed by atoms with van der Waals surface area (Å²) in [5, 5.41) is 16.7. The molecule has 1 N–H and O–H groups in total. The van der Waals surface area contributed by atoms with Crippen molar-refractivity contribution in [2.24, 2.45) is 5.41 Å². The normalized spacial score (nSPS) is 11.1. The van der Waals surface area contributed by atoms with Gasteiger partial charge in [0.1, 0.15) is 17.6 Å². The van der Waals surface area contributed by atoms with E-state index in [-0.39, 0.29) is 17.1 Å². The molecule has 0 aliphatic heterocycles. The van der Waals surface area contributed by atoms with E-state index in [1.54, 1.807) is 48.9 Å². The first-order valence-corrected chi connectivity index (χ1v) is 9.89. The lowest BCUT2D eigenvalue weighted by molar-refractivity contribution is 0.102. The highest BCUT2D eigenvalue weighted by Crippen LogP contribution is 2.26. The van der Waals surface area contributed by atoms with Gasteiger partial charge in [0.25, 0.3) is 5.91 Å². The molecular weight excluding hydrogens is 395 g/mol. The molecular formula is C24H25FN4O2. The number of amides is 1. The highest BCUT2D eigenvalue weighted by Gasteiger charge is 2.20. The number of nitrogens with one attached hydrogen (secondary N) is 1. The SMILES string of the molecule is Cc1nn(-c2ccc(F)cc2)c(C)c1C(=O)Nc1ccc(OCC(C)(C)C)c(C#N)c1. The lowest BCUT2D eigenvalue weighted by Crippen LogP contribution is -2.17. The van der Waals surface area contributed by atoms with Gasteiger partial charge < -0.3 is 10.1 Å². The van der Waals surface area contributed by atoms with Crippen molar-refractivity contribution in [3.63, 3.8) is 0 Å². The second-order valence-corrected chi connectivity index (χ2v) is 8.56. The minimum absolute atomic E-state index is 0.0423. The summed E-state index contributed by atoms with van der Waals surface area (Å²) < 4.78 is 20.6. The van der Waals surface area contributed by atoms with E-state index in [1.165, 1.54) is 12.1 Å². The summed E-state index contributed by atoms with van der Waals surface area (Å²) >= 11 is 0. The predicted octanol–water partition coefficient (Wildman–Crippen LogP) is 5.18. The molecule has 0 atom stereocenters. The Labute approximate surface area is 181 Å². The molecule has 6 nitrogen and oxygen atoms in total. The molecule has 160 valence electrons. The van der Waals surface area contributed by atoms with Gasteiger partial charge in [0.05, 0.1) is 34.8 Å². The van der Waals surface area contributed by atoms with Crippen molar-refractivity contribution < 1.29 is 13.9 Å². The molecule has 0 aliphatic carbocycles. The molecule has 1 aromatic heterocycles. The van der Waals surface area contributed by atoms with Gasteiger partial charge in [-0.1, -0.05) is 20.8 Å². The molecule has 0 unspecified atom stereocenters. The van der Waals surface area contributed by atoms with Gasteiger partial charge in [0, 0.05) is 5.69 Å². The average molecular weight is 420 g/mol. The van der Waals surface area contributed by atoms with Gasteiger partial charge in [0.15, 0.2) is 0 Å². The van der Waals surface area contributed by atoms with E-state index in [2.05, 4.69) is 16.5 Å². The third kappa shape index (κ3) is 5.10. The van der Waals surface area contributed by atoms with Crippen LogP contribution in [0.15, 0.2) is 42.5 Å². The number of rotatable bonds is 5. The van der Waals surface area contributed by atoms with Crippen LogP contribution in [-0.4, -0.2) is 22.3 Å². The van der Waals surface area contributed by atoms with Gasteiger partial charge in [-0.25, -0.2) is 9.07 Å². The lowest BCUT2D eigenvalue weighted by atomic mass is 9.98. The molecule has 1 amide bonds. The third-order valence-corrected chi connectivity index (χ3v) is 4.61. The first-order valence-electron chi connectivity index (χ1n) is 9.89. The number of nitrogens with zero attached hydrogens (tertiary/aromatic N) is 3. The van der Waals surface area contributed by atoms with Crippen LogP contribution in [0, 0.1) is 36.4 Å². The molecule has 3 aromatic rings. The Kier molecular flexibility index (Phi) is 6.11. The predicted molar refractivity (Wildman–Crippen MR) is 117 cm³/mol. The summed E-state index contributed by atoms with van der Waals surface area (Å²) in [5.41, 5.74) is 3.05. The number of carbonyl (C=O) groups excluding carboxylic acids is 1. The summed E-state index contributed by atoms with van der Waals surface area (Å²) in [6.45, 7) is 10.1. The Bertz CT molecular complexity index is 1150. The molecule has 0 radical (unpaired) electrons. The van der Waals surface area contributed by atoms with E-state index in [1.807, 2.05) is 20.8 Å². The summed E-state index contributed by atoms with van der Waals surface area (Å²) in [4.78, 5) is 13.0. The van der Waals surface area contributed by atoms with Crippen molar-refractivity contribution in [1.29, 1.82) is 5.26 Å². The Hall–Kier alpha value is -3.66. The standard InChI is InChI=1S/C24H25FN4O2/c1-15-22(16(2)29(28-15)20-9-6-18(25)7-10-20)23(30)27-19-8-11-21(17(12-19)13-26)31-14-24(3,4)5/h6-12H,14H2,1-5H3,(H,27,30). The summed E-state index contributed by atoms with van der Waals surface area (Å²) in [6, 6.07) is 13.0. The fourth-order valence-electron chi connectivity index (χ4n) is 3.11. The number of ether oxygens (including phenoxy) is 1. The molecule has 0 bridgehead atoms. The zero-order valence-electron chi connectivity index (χ0n) is 18.3. The fourth-order valence-corrected chi connectivity index (χ4v) is 3.11. The Morgan fingerprint density at radius 3 is 2.48 bits per heavy atom. The van der Waals surface area contributed by atoms with Crippen molar-refractivity contribution in [1.82, 2.24) is 9.78 Å². The van der Waals surface area contributed by atoms with E-state index >= 15 is 0 Å². The van der Waals surface area contributed by atoms with Crippen molar-refractivity contribution in [3.8, 4) is 17.5 Å². The Balaban J connectivity index is 1.83. The van der Waals surface area contributed by atoms with Crippen molar-refractivity contribution in [2.75, 3.05) is 11.9 Å². The average Bonchev–Trinajstić information content (AvgIpc) is 3.00. The van der Waals surface area contributed by atoms with Crippen LogP contribution in [0.1, 0.15) is 48.1 Å². The number of aryl methyl sites for hydroxylation is 1. The zero-order valence-corrected chi connectivity index (χ0v) is 18.3. The second kappa shape index (κ2) is 8.60. The molecule has 0 aliphatic rings. The van der Waals surface area contributed by atoms with Crippen LogP contribution in [0.2, 0.25) is 0 Å².